The quantitative estimate of drug-likeness (QED) is 0.593. The smallest absolute Gasteiger partial charge is 0.296 e. The van der Waals surface area contributed by atoms with Crippen LogP contribution in [-0.4, -0.2) is 67.7 Å². The molecule has 1 N–H and O–H groups in total. The molecular weight excluding hydrogens is 431 g/mol. The summed E-state index contributed by atoms with van der Waals surface area (Å²) >= 11 is 0. The molecule has 0 radical (unpaired) electrons. The van der Waals surface area contributed by atoms with E-state index in [1.807, 2.05) is 14.1 Å². The second-order valence-corrected chi connectivity index (χ2v) is 8.32. The van der Waals surface area contributed by atoms with Gasteiger partial charge in [-0.15, -0.1) is 10.2 Å². The molecular formula is C22H25FN6O4. The number of carbonyl (C=O) groups excluding carboxylic acids is 1. The maximum Gasteiger partial charge on any atom is 0.296 e. The molecule has 1 saturated heterocycles. The largest absolute Gasteiger partial charge is 0.501 e. The maximum absolute atomic E-state index is 13.1. The van der Waals surface area contributed by atoms with Crippen molar-refractivity contribution in [3.05, 3.63) is 57.7 Å². The van der Waals surface area contributed by atoms with Crippen molar-refractivity contribution in [1.29, 1.82) is 0 Å². The molecule has 0 spiro atoms. The third kappa shape index (κ3) is 4.63. The summed E-state index contributed by atoms with van der Waals surface area (Å²) in [6.45, 7) is 0.803. The third-order valence-corrected chi connectivity index (χ3v) is 5.56. The van der Waals surface area contributed by atoms with E-state index < -0.39 is 17.4 Å². The topological polar surface area (TPSA) is 118 Å². The zero-order valence-electron chi connectivity index (χ0n) is 18.7. The second-order valence-electron chi connectivity index (χ2n) is 8.32. The van der Waals surface area contributed by atoms with E-state index in [-0.39, 0.29) is 42.2 Å². The van der Waals surface area contributed by atoms with E-state index in [4.69, 9.17) is 4.42 Å². The fraction of sp³-hybridized carbons (Fsp3) is 0.409. The second kappa shape index (κ2) is 9.10. The van der Waals surface area contributed by atoms with Crippen LogP contribution in [0.3, 0.4) is 0 Å². The lowest BCUT2D eigenvalue weighted by Crippen LogP contribution is -2.39. The summed E-state index contributed by atoms with van der Waals surface area (Å²) in [5.41, 5.74) is -0.0347. The zero-order valence-corrected chi connectivity index (χ0v) is 18.7. The number of halogens is 1. The van der Waals surface area contributed by atoms with Crippen molar-refractivity contribution in [1.82, 2.24) is 29.5 Å². The van der Waals surface area contributed by atoms with Crippen LogP contribution >= 0.6 is 0 Å². The normalized spacial score (nSPS) is 16.0. The van der Waals surface area contributed by atoms with Gasteiger partial charge in [-0.2, -0.15) is 0 Å². The van der Waals surface area contributed by atoms with Crippen molar-refractivity contribution < 1.29 is 18.7 Å². The van der Waals surface area contributed by atoms with Gasteiger partial charge in [0.25, 0.3) is 11.4 Å². The molecule has 0 unspecified atom stereocenters. The molecule has 1 aliphatic rings. The Labute approximate surface area is 189 Å². The molecule has 2 aromatic heterocycles. The Hall–Kier alpha value is -3.60. The summed E-state index contributed by atoms with van der Waals surface area (Å²) in [5.74, 6) is -0.558. The van der Waals surface area contributed by atoms with Gasteiger partial charge in [0, 0.05) is 13.6 Å². The molecule has 174 valence electrons. The first kappa shape index (κ1) is 22.6. The average molecular weight is 456 g/mol. The van der Waals surface area contributed by atoms with Crippen molar-refractivity contribution in [2.75, 3.05) is 27.2 Å². The standard InChI is InChI=1S/C22H25FN6O4/c1-27(2)12-17(30)29-10-4-5-15(29)20-24-18(19(31)22(32)28(20)3)21-26-25-16(33-21)11-13-6-8-14(23)9-7-13/h6-9,15,31H,4-5,10-12H2,1-3H3/t15-/m0/s1. The number of nitrogens with zero attached hydrogens (tertiary/aromatic N) is 6. The van der Waals surface area contributed by atoms with E-state index in [0.29, 0.717) is 18.8 Å². The van der Waals surface area contributed by atoms with Crippen LogP contribution in [-0.2, 0) is 18.3 Å². The minimum absolute atomic E-state index is 0.0641. The molecule has 4 rings (SSSR count). The molecule has 1 aromatic carbocycles. The minimum atomic E-state index is -0.666. The summed E-state index contributed by atoms with van der Waals surface area (Å²) in [7, 11) is 5.14. The molecule has 1 aliphatic heterocycles. The van der Waals surface area contributed by atoms with Gasteiger partial charge < -0.3 is 19.3 Å². The molecule has 3 heterocycles. The summed E-state index contributed by atoms with van der Waals surface area (Å²) in [6, 6.07) is 5.46. The fourth-order valence-corrected chi connectivity index (χ4v) is 3.95. The van der Waals surface area contributed by atoms with Gasteiger partial charge in [0.1, 0.15) is 11.6 Å². The van der Waals surface area contributed by atoms with Crippen LogP contribution in [0.5, 0.6) is 5.75 Å². The highest BCUT2D eigenvalue weighted by Gasteiger charge is 2.34. The number of hydrogen-bond donors (Lipinski definition) is 1. The third-order valence-electron chi connectivity index (χ3n) is 5.56. The Morgan fingerprint density at radius 3 is 2.70 bits per heavy atom. The number of rotatable bonds is 6. The number of hydrogen-bond acceptors (Lipinski definition) is 8. The fourth-order valence-electron chi connectivity index (χ4n) is 3.95. The number of carbonyl (C=O) groups is 1. The molecule has 10 nitrogen and oxygen atoms in total. The molecule has 0 bridgehead atoms. The lowest BCUT2D eigenvalue weighted by atomic mass is 10.1. The van der Waals surface area contributed by atoms with Crippen molar-refractivity contribution in [3.8, 4) is 17.3 Å². The summed E-state index contributed by atoms with van der Waals surface area (Å²) in [6.07, 6.45) is 1.67. The van der Waals surface area contributed by atoms with Gasteiger partial charge in [0.2, 0.25) is 17.5 Å². The first-order chi connectivity index (χ1) is 15.7. The minimum Gasteiger partial charge on any atom is -0.501 e. The van der Waals surface area contributed by atoms with Crippen LogP contribution in [0.15, 0.2) is 33.5 Å². The molecule has 1 fully saturated rings. The van der Waals surface area contributed by atoms with Gasteiger partial charge in [-0.05, 0) is 44.6 Å². The van der Waals surface area contributed by atoms with Crippen LogP contribution in [0.1, 0.15) is 36.2 Å². The molecule has 3 aromatic rings. The van der Waals surface area contributed by atoms with E-state index in [9.17, 15) is 19.1 Å². The number of likely N-dealkylation sites (tertiary alicyclic amines) is 1. The first-order valence-corrected chi connectivity index (χ1v) is 10.6. The molecule has 0 saturated carbocycles. The van der Waals surface area contributed by atoms with Crippen molar-refractivity contribution in [3.63, 3.8) is 0 Å². The Morgan fingerprint density at radius 2 is 2.00 bits per heavy atom. The van der Waals surface area contributed by atoms with Crippen molar-refractivity contribution in [2.24, 2.45) is 7.05 Å². The zero-order chi connectivity index (χ0) is 23.7. The SMILES string of the molecule is CN(C)CC(=O)N1CCC[C@H]1c1nc(-c2nnc(Cc3ccc(F)cc3)o2)c(O)c(=O)n1C. The highest BCUT2D eigenvalue weighted by atomic mass is 19.1. The van der Waals surface area contributed by atoms with Gasteiger partial charge in [-0.3, -0.25) is 14.2 Å². The van der Waals surface area contributed by atoms with Crippen LogP contribution in [0.25, 0.3) is 11.6 Å². The average Bonchev–Trinajstić information content (AvgIpc) is 3.43. The van der Waals surface area contributed by atoms with Crippen LogP contribution in [0.4, 0.5) is 4.39 Å². The molecule has 33 heavy (non-hydrogen) atoms. The van der Waals surface area contributed by atoms with E-state index in [0.717, 1.165) is 12.0 Å². The lowest BCUT2D eigenvalue weighted by molar-refractivity contribution is -0.132. The Balaban J connectivity index is 1.67. The first-order valence-electron chi connectivity index (χ1n) is 10.6. The molecule has 1 atom stereocenters. The predicted octanol–water partition coefficient (Wildman–Crippen LogP) is 1.49. The van der Waals surface area contributed by atoms with E-state index >= 15 is 0 Å². The van der Waals surface area contributed by atoms with Crippen LogP contribution in [0.2, 0.25) is 0 Å². The number of aromatic nitrogens is 4. The Kier molecular flexibility index (Phi) is 6.23. The Bertz CT molecular complexity index is 1220. The maximum atomic E-state index is 13.1. The summed E-state index contributed by atoms with van der Waals surface area (Å²) in [5, 5.41) is 18.4. The Morgan fingerprint density at radius 1 is 1.27 bits per heavy atom. The van der Waals surface area contributed by atoms with Crippen molar-refractivity contribution >= 4 is 5.91 Å². The number of amides is 1. The van der Waals surface area contributed by atoms with E-state index in [2.05, 4.69) is 15.2 Å². The monoisotopic (exact) mass is 456 g/mol. The highest BCUT2D eigenvalue weighted by molar-refractivity contribution is 5.79. The van der Waals surface area contributed by atoms with Gasteiger partial charge in [-0.1, -0.05) is 12.1 Å². The van der Waals surface area contributed by atoms with Crippen LogP contribution < -0.4 is 5.56 Å². The number of aromatic hydroxyl groups is 1. The number of benzene rings is 1. The van der Waals surface area contributed by atoms with Gasteiger partial charge in [0.05, 0.1) is 19.0 Å². The van der Waals surface area contributed by atoms with Crippen LogP contribution in [0, 0.1) is 5.82 Å². The molecule has 1 amide bonds. The van der Waals surface area contributed by atoms with Gasteiger partial charge in [0.15, 0.2) is 5.69 Å². The molecule has 11 heteroatoms. The number of likely N-dealkylation sites (N-methyl/N-ethyl adjacent to an activating group) is 1. The molecule has 0 aliphatic carbocycles. The summed E-state index contributed by atoms with van der Waals surface area (Å²) in [4.78, 5) is 33.4. The summed E-state index contributed by atoms with van der Waals surface area (Å²) < 4.78 is 20.0. The van der Waals surface area contributed by atoms with E-state index in [1.165, 1.54) is 23.7 Å². The van der Waals surface area contributed by atoms with Gasteiger partial charge in [-0.25, -0.2) is 9.37 Å². The predicted molar refractivity (Wildman–Crippen MR) is 116 cm³/mol. The highest BCUT2D eigenvalue weighted by Crippen LogP contribution is 2.33. The lowest BCUT2D eigenvalue weighted by Gasteiger charge is -2.27. The van der Waals surface area contributed by atoms with E-state index in [1.54, 1.807) is 21.9 Å². The van der Waals surface area contributed by atoms with Gasteiger partial charge >= 0.3 is 0 Å². The van der Waals surface area contributed by atoms with Crippen molar-refractivity contribution in [2.45, 2.75) is 25.3 Å².